The average Bonchev–Trinajstić information content (AvgIpc) is 2.35. The van der Waals surface area contributed by atoms with Crippen LogP contribution in [0.25, 0.3) is 0 Å². The Kier molecular flexibility index (Phi) is 15.8. The Bertz CT molecular complexity index is 115. The van der Waals surface area contributed by atoms with Crippen molar-refractivity contribution in [3.63, 3.8) is 0 Å². The van der Waals surface area contributed by atoms with Crippen molar-refractivity contribution in [2.45, 2.75) is 70.6 Å². The van der Waals surface area contributed by atoms with Crippen molar-refractivity contribution in [2.75, 3.05) is 20.0 Å². The molecule has 0 spiro atoms. The fourth-order valence-electron chi connectivity index (χ4n) is 1.97. The van der Waals surface area contributed by atoms with Crippen molar-refractivity contribution < 1.29 is 14.9 Å². The first-order valence-electron chi connectivity index (χ1n) is 7.21. The summed E-state index contributed by atoms with van der Waals surface area (Å²) in [4.78, 5) is 0. The molecule has 0 aromatic carbocycles. The zero-order chi connectivity index (χ0) is 12.6. The van der Waals surface area contributed by atoms with E-state index in [-0.39, 0.29) is 6.79 Å². The Morgan fingerprint density at radius 1 is 0.529 bits per heavy atom. The van der Waals surface area contributed by atoms with Gasteiger partial charge in [0.15, 0.2) is 0 Å². The number of aliphatic hydroxyl groups excluding tert-OH is 2. The minimum Gasteiger partial charge on any atom is -0.396 e. The van der Waals surface area contributed by atoms with Gasteiger partial charge in [-0.05, 0) is 12.8 Å². The third-order valence-electron chi connectivity index (χ3n) is 3.04. The van der Waals surface area contributed by atoms with Crippen LogP contribution in [0.4, 0.5) is 0 Å². The second-order valence-corrected chi connectivity index (χ2v) is 4.65. The topological polar surface area (TPSA) is 49.7 Å². The monoisotopic (exact) mass is 246 g/mol. The van der Waals surface area contributed by atoms with Crippen LogP contribution < -0.4 is 0 Å². The van der Waals surface area contributed by atoms with E-state index >= 15 is 0 Å². The summed E-state index contributed by atoms with van der Waals surface area (Å²) in [5.41, 5.74) is 0. The quantitative estimate of drug-likeness (QED) is 0.365. The van der Waals surface area contributed by atoms with E-state index in [1.54, 1.807) is 0 Å². The number of rotatable bonds is 14. The van der Waals surface area contributed by atoms with Gasteiger partial charge in [0.1, 0.15) is 6.79 Å². The Labute approximate surface area is 106 Å². The molecule has 0 bridgehead atoms. The second-order valence-electron chi connectivity index (χ2n) is 4.65. The van der Waals surface area contributed by atoms with Crippen LogP contribution in [0, 0.1) is 0 Å². The van der Waals surface area contributed by atoms with Crippen LogP contribution in [-0.2, 0) is 4.74 Å². The third kappa shape index (κ3) is 15.9. The predicted molar refractivity (Wildman–Crippen MR) is 70.9 cm³/mol. The number of ether oxygens (including phenoxy) is 1. The van der Waals surface area contributed by atoms with E-state index < -0.39 is 0 Å². The Balaban J connectivity index is 2.85. The van der Waals surface area contributed by atoms with E-state index in [1.807, 2.05) is 0 Å². The SMILES string of the molecule is OCCCCCCCCCCCCCOCO. The molecule has 0 aliphatic heterocycles. The molecule has 0 atom stereocenters. The summed E-state index contributed by atoms with van der Waals surface area (Å²) in [6, 6.07) is 0. The van der Waals surface area contributed by atoms with Crippen LogP contribution in [0.2, 0.25) is 0 Å². The first kappa shape index (κ1) is 16.9. The van der Waals surface area contributed by atoms with Crippen LogP contribution in [0.3, 0.4) is 0 Å². The Morgan fingerprint density at radius 3 is 1.35 bits per heavy atom. The van der Waals surface area contributed by atoms with Gasteiger partial charge in [-0.2, -0.15) is 0 Å². The van der Waals surface area contributed by atoms with Gasteiger partial charge in [-0.15, -0.1) is 0 Å². The molecule has 0 aliphatic rings. The molecule has 0 aliphatic carbocycles. The molecule has 0 saturated heterocycles. The highest BCUT2D eigenvalue weighted by molar-refractivity contribution is 4.48. The summed E-state index contributed by atoms with van der Waals surface area (Å²) >= 11 is 0. The predicted octanol–water partition coefficient (Wildman–Crippen LogP) is 3.24. The molecule has 0 rings (SSSR count). The van der Waals surface area contributed by atoms with Gasteiger partial charge in [-0.25, -0.2) is 0 Å². The molecule has 0 heterocycles. The van der Waals surface area contributed by atoms with E-state index in [2.05, 4.69) is 0 Å². The van der Waals surface area contributed by atoms with Crippen molar-refractivity contribution in [1.82, 2.24) is 0 Å². The molecule has 2 N–H and O–H groups in total. The molecule has 0 amide bonds. The largest absolute Gasteiger partial charge is 0.396 e. The smallest absolute Gasteiger partial charge is 0.143 e. The van der Waals surface area contributed by atoms with E-state index in [0.717, 1.165) is 12.8 Å². The lowest BCUT2D eigenvalue weighted by molar-refractivity contribution is -0.00284. The lowest BCUT2D eigenvalue weighted by Gasteiger charge is -2.02. The molecule has 104 valence electrons. The van der Waals surface area contributed by atoms with Gasteiger partial charge >= 0.3 is 0 Å². The third-order valence-corrected chi connectivity index (χ3v) is 3.04. The van der Waals surface area contributed by atoms with Gasteiger partial charge in [0.05, 0.1) is 0 Å². The highest BCUT2D eigenvalue weighted by Crippen LogP contribution is 2.11. The molecule has 0 aromatic heterocycles. The van der Waals surface area contributed by atoms with Gasteiger partial charge in [-0.1, -0.05) is 57.8 Å². The highest BCUT2D eigenvalue weighted by Gasteiger charge is 1.93. The molecule has 0 aromatic rings. The maximum atomic E-state index is 8.62. The number of aliphatic hydroxyl groups is 2. The second kappa shape index (κ2) is 15.9. The van der Waals surface area contributed by atoms with Crippen LogP contribution >= 0.6 is 0 Å². The lowest BCUT2D eigenvalue weighted by Crippen LogP contribution is -1.95. The van der Waals surface area contributed by atoms with Crippen LogP contribution in [0.5, 0.6) is 0 Å². The minimum absolute atomic E-state index is 0.143. The van der Waals surface area contributed by atoms with E-state index in [0.29, 0.717) is 13.2 Å². The molecule has 0 unspecified atom stereocenters. The van der Waals surface area contributed by atoms with Crippen molar-refractivity contribution in [2.24, 2.45) is 0 Å². The van der Waals surface area contributed by atoms with Crippen molar-refractivity contribution >= 4 is 0 Å². The molecule has 0 saturated carbocycles. The summed E-state index contributed by atoms with van der Waals surface area (Å²) in [5.74, 6) is 0. The zero-order valence-corrected chi connectivity index (χ0v) is 11.2. The van der Waals surface area contributed by atoms with Gasteiger partial charge in [-0.3, -0.25) is 0 Å². The van der Waals surface area contributed by atoms with E-state index in [1.165, 1.54) is 57.8 Å². The van der Waals surface area contributed by atoms with Crippen molar-refractivity contribution in [3.05, 3.63) is 0 Å². The van der Waals surface area contributed by atoms with Gasteiger partial charge in [0.2, 0.25) is 0 Å². The Hall–Kier alpha value is -0.120. The van der Waals surface area contributed by atoms with Gasteiger partial charge < -0.3 is 14.9 Å². The normalized spacial score (nSPS) is 10.9. The zero-order valence-electron chi connectivity index (χ0n) is 11.2. The van der Waals surface area contributed by atoms with Gasteiger partial charge in [0.25, 0.3) is 0 Å². The summed E-state index contributed by atoms with van der Waals surface area (Å²) < 4.78 is 4.86. The van der Waals surface area contributed by atoms with Crippen LogP contribution in [-0.4, -0.2) is 30.2 Å². The number of hydrogen-bond acceptors (Lipinski definition) is 3. The molecular weight excluding hydrogens is 216 g/mol. The molecule has 0 radical (unpaired) electrons. The van der Waals surface area contributed by atoms with E-state index in [4.69, 9.17) is 14.9 Å². The Morgan fingerprint density at radius 2 is 0.941 bits per heavy atom. The molecule has 3 nitrogen and oxygen atoms in total. The van der Waals surface area contributed by atoms with Crippen LogP contribution in [0.1, 0.15) is 70.6 Å². The molecular formula is C14H30O3. The first-order valence-corrected chi connectivity index (χ1v) is 7.21. The van der Waals surface area contributed by atoms with Crippen LogP contribution in [0.15, 0.2) is 0 Å². The lowest BCUT2D eigenvalue weighted by atomic mass is 10.1. The summed E-state index contributed by atoms with van der Waals surface area (Å²) in [6.07, 6.45) is 13.7. The number of hydrogen-bond donors (Lipinski definition) is 2. The first-order chi connectivity index (χ1) is 8.41. The fourth-order valence-corrected chi connectivity index (χ4v) is 1.97. The molecule has 0 fully saturated rings. The summed E-state index contributed by atoms with van der Waals surface area (Å²) in [6.45, 7) is 0.900. The average molecular weight is 246 g/mol. The maximum absolute atomic E-state index is 8.62. The summed E-state index contributed by atoms with van der Waals surface area (Å²) in [7, 11) is 0. The fraction of sp³-hybridized carbons (Fsp3) is 1.00. The maximum Gasteiger partial charge on any atom is 0.143 e. The minimum atomic E-state index is -0.143. The highest BCUT2D eigenvalue weighted by atomic mass is 16.6. The molecule has 17 heavy (non-hydrogen) atoms. The standard InChI is InChI=1S/C14H30O3/c15-12-10-8-6-4-2-1-3-5-7-9-11-13-17-14-16/h15-16H,1-14H2. The molecule has 3 heteroatoms. The van der Waals surface area contributed by atoms with Crippen molar-refractivity contribution in [3.8, 4) is 0 Å². The van der Waals surface area contributed by atoms with Gasteiger partial charge in [0, 0.05) is 13.2 Å². The number of unbranched alkanes of at least 4 members (excludes halogenated alkanes) is 10. The van der Waals surface area contributed by atoms with Crippen molar-refractivity contribution in [1.29, 1.82) is 0 Å². The van der Waals surface area contributed by atoms with E-state index in [9.17, 15) is 0 Å². The summed E-state index contributed by atoms with van der Waals surface area (Å²) in [5, 5.41) is 17.0.